The Balaban J connectivity index is 1.82. The van der Waals surface area contributed by atoms with Crippen LogP contribution in [0.1, 0.15) is 9.75 Å². The molecule has 2 aliphatic heterocycles. The first-order valence-corrected chi connectivity index (χ1v) is 14.3. The molecule has 0 spiro atoms. The molecule has 0 amide bonds. The van der Waals surface area contributed by atoms with Crippen LogP contribution < -0.4 is 0 Å². The predicted octanol–water partition coefficient (Wildman–Crippen LogP) is 7.22. The lowest BCUT2D eigenvalue weighted by Gasteiger charge is -2.13. The van der Waals surface area contributed by atoms with Crippen molar-refractivity contribution in [3.8, 4) is 9.75 Å². The molecule has 0 fully saturated rings. The molecule has 0 saturated heterocycles. The van der Waals surface area contributed by atoms with Gasteiger partial charge in [0.15, 0.2) is 0 Å². The van der Waals surface area contributed by atoms with Gasteiger partial charge < -0.3 is 0 Å². The van der Waals surface area contributed by atoms with E-state index in [4.69, 9.17) is 0 Å². The minimum atomic E-state index is 1.25. The second kappa shape index (κ2) is 7.80. The quantitative estimate of drug-likeness (QED) is 0.463. The minimum absolute atomic E-state index is 1.25. The zero-order chi connectivity index (χ0) is 15.8. The van der Waals surface area contributed by atoms with E-state index in [2.05, 4.69) is 72.7 Å². The molecule has 23 heavy (non-hydrogen) atoms. The third-order valence-electron chi connectivity index (χ3n) is 3.71. The van der Waals surface area contributed by atoms with E-state index in [-0.39, 0.29) is 0 Å². The molecule has 2 aromatic rings. The number of fused-ring (bicyclic) bond motifs is 2. The van der Waals surface area contributed by atoms with E-state index in [0.717, 1.165) is 0 Å². The van der Waals surface area contributed by atoms with Crippen molar-refractivity contribution in [2.75, 3.05) is 34.5 Å². The summed E-state index contributed by atoms with van der Waals surface area (Å²) >= 11 is 14.5. The van der Waals surface area contributed by atoms with Crippen LogP contribution in [0.15, 0.2) is 19.6 Å². The van der Waals surface area contributed by atoms with Crippen molar-refractivity contribution in [3.63, 3.8) is 0 Å². The van der Waals surface area contributed by atoms with Crippen molar-refractivity contribution in [1.29, 1.82) is 0 Å². The van der Waals surface area contributed by atoms with Gasteiger partial charge in [0.05, 0.1) is 9.75 Å². The fourth-order valence-corrected chi connectivity index (χ4v) is 12.2. The van der Waals surface area contributed by atoms with Gasteiger partial charge in [-0.15, -0.1) is 69.7 Å². The van der Waals surface area contributed by atoms with Crippen LogP contribution in [0, 0.1) is 13.8 Å². The zero-order valence-corrected chi connectivity index (χ0v) is 18.8. The van der Waals surface area contributed by atoms with Gasteiger partial charge in [0.25, 0.3) is 0 Å². The van der Waals surface area contributed by atoms with Gasteiger partial charge in [-0.1, -0.05) is 0 Å². The van der Waals surface area contributed by atoms with Gasteiger partial charge in [0.2, 0.25) is 0 Å². The highest BCUT2D eigenvalue weighted by molar-refractivity contribution is 8.06. The van der Waals surface area contributed by atoms with Crippen molar-refractivity contribution < 1.29 is 0 Å². The molecule has 0 saturated carbocycles. The van der Waals surface area contributed by atoms with E-state index < -0.39 is 0 Å². The van der Waals surface area contributed by atoms with E-state index in [1.807, 2.05) is 22.7 Å². The number of hydrogen-bond acceptors (Lipinski definition) is 7. The number of aryl methyl sites for hydroxylation is 2. The molecular weight excluding hydrogens is 417 g/mol. The van der Waals surface area contributed by atoms with Crippen molar-refractivity contribution >= 4 is 81.5 Å². The van der Waals surface area contributed by atoms with Crippen molar-refractivity contribution in [1.82, 2.24) is 0 Å². The molecule has 0 unspecified atom stereocenters. The number of thiophene rings is 2. The fourth-order valence-electron chi connectivity index (χ4n) is 2.71. The summed E-state index contributed by atoms with van der Waals surface area (Å²) in [5.74, 6) is 7.59. The highest BCUT2D eigenvalue weighted by Crippen LogP contribution is 2.55. The first-order chi connectivity index (χ1) is 11.3. The Morgan fingerprint density at radius 1 is 0.522 bits per heavy atom. The Labute approximate surface area is 167 Å². The standard InChI is InChI=1S/C16H18S7/c1-9-11-13(20-6-4-17-3-5-18-11)15(22-9)16-14-12(10(2)23-16)19-7-8-21-14/h3-8H2,1-2H3. The van der Waals surface area contributed by atoms with Crippen molar-refractivity contribution in [2.24, 2.45) is 0 Å². The average molecular weight is 435 g/mol. The van der Waals surface area contributed by atoms with Gasteiger partial charge in [-0.2, -0.15) is 11.8 Å². The summed E-state index contributed by atoms with van der Waals surface area (Å²) in [4.78, 5) is 12.5. The van der Waals surface area contributed by atoms with Gasteiger partial charge in [0, 0.05) is 63.9 Å². The Morgan fingerprint density at radius 3 is 1.39 bits per heavy atom. The van der Waals surface area contributed by atoms with Crippen LogP contribution in [0.3, 0.4) is 0 Å². The largest absolute Gasteiger partial charge is 0.160 e. The van der Waals surface area contributed by atoms with Crippen molar-refractivity contribution in [2.45, 2.75) is 33.4 Å². The molecule has 124 valence electrons. The van der Waals surface area contributed by atoms with Gasteiger partial charge in [-0.25, -0.2) is 0 Å². The van der Waals surface area contributed by atoms with Crippen LogP contribution in [-0.2, 0) is 0 Å². The maximum atomic E-state index is 2.32. The number of thioether (sulfide) groups is 5. The van der Waals surface area contributed by atoms with E-state index >= 15 is 0 Å². The third-order valence-corrected chi connectivity index (χ3v) is 13.2. The van der Waals surface area contributed by atoms with Crippen LogP contribution in [-0.4, -0.2) is 34.5 Å². The molecule has 0 aromatic carbocycles. The summed E-state index contributed by atoms with van der Waals surface area (Å²) in [5, 5.41) is 0. The summed E-state index contributed by atoms with van der Waals surface area (Å²) in [5.41, 5.74) is 0. The van der Waals surface area contributed by atoms with Crippen molar-refractivity contribution in [3.05, 3.63) is 9.75 Å². The Bertz CT molecular complexity index is 713. The molecule has 4 heterocycles. The molecule has 2 aromatic heterocycles. The molecule has 0 aliphatic carbocycles. The topological polar surface area (TPSA) is 0 Å². The van der Waals surface area contributed by atoms with Gasteiger partial charge in [-0.05, 0) is 13.8 Å². The normalized spacial score (nSPS) is 18.7. The monoisotopic (exact) mass is 434 g/mol. The lowest BCUT2D eigenvalue weighted by molar-refractivity contribution is 1.22. The molecule has 2 aliphatic rings. The first-order valence-electron chi connectivity index (χ1n) is 7.62. The number of rotatable bonds is 1. The summed E-state index contributed by atoms with van der Waals surface area (Å²) in [7, 11) is 0. The highest BCUT2D eigenvalue weighted by atomic mass is 32.2. The third kappa shape index (κ3) is 3.53. The highest BCUT2D eigenvalue weighted by Gasteiger charge is 2.26. The lowest BCUT2D eigenvalue weighted by atomic mass is 10.3. The van der Waals surface area contributed by atoms with E-state index in [0.29, 0.717) is 0 Å². The maximum Gasteiger partial charge on any atom is 0.0604 e. The SMILES string of the molecule is Cc1sc(-c2sc(C)c3c2SCCS3)c2c1SCCSCCS2. The van der Waals surface area contributed by atoms with E-state index in [1.54, 1.807) is 29.3 Å². The Morgan fingerprint density at radius 2 is 0.913 bits per heavy atom. The predicted molar refractivity (Wildman–Crippen MR) is 117 cm³/mol. The zero-order valence-electron chi connectivity index (χ0n) is 13.1. The van der Waals surface area contributed by atoms with Gasteiger partial charge in [0.1, 0.15) is 0 Å². The lowest BCUT2D eigenvalue weighted by Crippen LogP contribution is -1.92. The van der Waals surface area contributed by atoms with Gasteiger partial charge in [-0.3, -0.25) is 0 Å². The summed E-state index contributed by atoms with van der Waals surface area (Å²) < 4.78 is 0. The van der Waals surface area contributed by atoms with E-state index in [1.165, 1.54) is 44.3 Å². The maximum absolute atomic E-state index is 2.32. The number of hydrogen-bond donors (Lipinski definition) is 0. The van der Waals surface area contributed by atoms with Crippen LogP contribution in [0.2, 0.25) is 0 Å². The van der Waals surface area contributed by atoms with Crippen LogP contribution in [0.25, 0.3) is 9.75 Å². The second-order valence-corrected chi connectivity index (χ2v) is 13.4. The molecule has 0 radical (unpaired) electrons. The first kappa shape index (κ1) is 17.6. The summed E-state index contributed by atoms with van der Waals surface area (Å²) in [6.07, 6.45) is 0. The smallest absolute Gasteiger partial charge is 0.0604 e. The van der Waals surface area contributed by atoms with Crippen LogP contribution in [0.5, 0.6) is 0 Å². The molecule has 0 bridgehead atoms. The summed E-state index contributed by atoms with van der Waals surface area (Å²) in [6, 6.07) is 0. The molecular formula is C16H18S7. The summed E-state index contributed by atoms with van der Waals surface area (Å²) in [6.45, 7) is 4.63. The molecule has 4 rings (SSSR count). The van der Waals surface area contributed by atoms with E-state index in [9.17, 15) is 0 Å². The Kier molecular flexibility index (Phi) is 5.96. The molecule has 0 N–H and O–H groups in total. The average Bonchev–Trinajstić information content (AvgIpc) is 3.08. The Hall–Kier alpha value is 1.15. The van der Waals surface area contributed by atoms with Crippen LogP contribution in [0.4, 0.5) is 0 Å². The molecule has 0 nitrogen and oxygen atoms in total. The van der Waals surface area contributed by atoms with Crippen LogP contribution >= 0.6 is 81.5 Å². The van der Waals surface area contributed by atoms with Gasteiger partial charge >= 0.3 is 0 Å². The fraction of sp³-hybridized carbons (Fsp3) is 0.500. The molecule has 0 atom stereocenters. The second-order valence-electron chi connectivity index (χ2n) is 5.30. The minimum Gasteiger partial charge on any atom is -0.160 e. The molecule has 7 heteroatoms.